The predicted octanol–water partition coefficient (Wildman–Crippen LogP) is 5.90. The lowest BCUT2D eigenvalue weighted by molar-refractivity contribution is -0.415. The number of allylic oxidation sites excluding steroid dienone is 2. The van der Waals surface area contributed by atoms with Crippen LogP contribution in [0.3, 0.4) is 0 Å². The third-order valence-corrected chi connectivity index (χ3v) is 6.16. The van der Waals surface area contributed by atoms with Gasteiger partial charge in [0.2, 0.25) is 0 Å². The maximum Gasteiger partial charge on any atom is 0.295 e. The highest BCUT2D eigenvalue weighted by Crippen LogP contribution is 2.39. The van der Waals surface area contributed by atoms with E-state index in [2.05, 4.69) is 63.7 Å². The van der Waals surface area contributed by atoms with Gasteiger partial charge in [0.15, 0.2) is 0 Å². The van der Waals surface area contributed by atoms with Gasteiger partial charge in [0, 0.05) is 11.3 Å². The molecule has 0 aliphatic carbocycles. The zero-order chi connectivity index (χ0) is 21.6. The van der Waals surface area contributed by atoms with Crippen LogP contribution in [-0.4, -0.2) is 15.6 Å². The number of nitro groups is 1. The second-order valence-corrected chi connectivity index (χ2v) is 7.97. The second kappa shape index (κ2) is 7.47. The van der Waals surface area contributed by atoms with E-state index in [1.807, 2.05) is 0 Å². The minimum Gasteiger partial charge on any atom is -0.358 e. The molecule has 0 spiro atoms. The van der Waals surface area contributed by atoms with Crippen molar-refractivity contribution in [2.45, 2.75) is 61.8 Å². The van der Waals surface area contributed by atoms with E-state index >= 15 is 0 Å². The van der Waals surface area contributed by atoms with Crippen molar-refractivity contribution in [3.63, 3.8) is 0 Å². The maximum absolute atomic E-state index is 11.6. The van der Waals surface area contributed by atoms with Crippen molar-refractivity contribution in [1.29, 1.82) is 0 Å². The summed E-state index contributed by atoms with van der Waals surface area (Å²) in [5, 5.41) is 11.6. The Hall–Kier alpha value is -2.95. The molecule has 2 aromatic rings. The zero-order valence-corrected chi connectivity index (χ0v) is 18.6. The van der Waals surface area contributed by atoms with Gasteiger partial charge in [0.25, 0.3) is 5.70 Å². The molecule has 29 heavy (non-hydrogen) atoms. The Morgan fingerprint density at radius 3 is 2.07 bits per heavy atom. The molecule has 5 heteroatoms. The first-order chi connectivity index (χ1) is 13.6. The van der Waals surface area contributed by atoms with Crippen LogP contribution in [-0.2, 0) is 6.42 Å². The first kappa shape index (κ1) is 20.8. The number of benzene rings is 1. The fourth-order valence-corrected chi connectivity index (χ4v) is 4.35. The normalized spacial score (nSPS) is 15.8. The number of H-pyrrole nitrogens is 1. The van der Waals surface area contributed by atoms with Crippen LogP contribution in [0, 0.1) is 44.7 Å². The van der Waals surface area contributed by atoms with Crippen LogP contribution in [0.15, 0.2) is 34.1 Å². The largest absolute Gasteiger partial charge is 0.358 e. The van der Waals surface area contributed by atoms with Crippen molar-refractivity contribution >= 4 is 11.3 Å². The average molecular weight is 392 g/mol. The SMILES string of the molecule is CCc1c(C)[nH]c(/C(=C2\N=C(C)C([N+](=O)[O-])=C2C)c2cc(C)c(C)c(C)c2)c1C. The Bertz CT molecular complexity index is 1100. The number of nitrogens with one attached hydrogen (secondary N) is 1. The van der Waals surface area contributed by atoms with E-state index in [1.165, 1.54) is 27.8 Å². The van der Waals surface area contributed by atoms with Gasteiger partial charge in [-0.25, -0.2) is 4.99 Å². The Morgan fingerprint density at radius 2 is 1.62 bits per heavy atom. The van der Waals surface area contributed by atoms with Crippen molar-refractivity contribution in [1.82, 2.24) is 4.98 Å². The summed E-state index contributed by atoms with van der Waals surface area (Å²) < 4.78 is 0. The number of rotatable bonds is 4. The molecule has 0 amide bonds. The van der Waals surface area contributed by atoms with E-state index in [4.69, 9.17) is 0 Å². The summed E-state index contributed by atoms with van der Waals surface area (Å²) in [6, 6.07) is 4.32. The summed E-state index contributed by atoms with van der Waals surface area (Å²) >= 11 is 0. The molecule has 0 saturated carbocycles. The second-order valence-electron chi connectivity index (χ2n) is 7.97. The quantitative estimate of drug-likeness (QED) is 0.520. The topological polar surface area (TPSA) is 71.3 Å². The molecule has 0 fully saturated rings. The number of hydrogen-bond acceptors (Lipinski definition) is 3. The molecule has 0 atom stereocenters. The standard InChI is InChI=1S/C24H29N3O2/c1-9-20-15(5)22(25-17(20)7)21(19-10-12(2)14(4)13(3)11-19)23-16(6)24(27(28)29)18(8)26-23/h10-11,25H,9H2,1-8H3/b23-21-. The van der Waals surface area contributed by atoms with E-state index < -0.39 is 0 Å². The van der Waals surface area contributed by atoms with Gasteiger partial charge in [-0.05, 0) is 88.3 Å². The van der Waals surface area contributed by atoms with Gasteiger partial charge in [0.05, 0.1) is 21.9 Å². The number of aromatic amines is 1. The average Bonchev–Trinajstić information content (AvgIpc) is 3.08. The number of aryl methyl sites for hydroxylation is 3. The van der Waals surface area contributed by atoms with E-state index in [0.29, 0.717) is 17.0 Å². The van der Waals surface area contributed by atoms with Crippen molar-refractivity contribution in [2.24, 2.45) is 4.99 Å². The molecule has 1 aromatic heterocycles. The van der Waals surface area contributed by atoms with Gasteiger partial charge in [-0.1, -0.05) is 19.1 Å². The highest BCUT2D eigenvalue weighted by molar-refractivity contribution is 6.03. The first-order valence-corrected chi connectivity index (χ1v) is 10.0. The molecule has 0 unspecified atom stereocenters. The van der Waals surface area contributed by atoms with E-state index in [-0.39, 0.29) is 10.6 Å². The van der Waals surface area contributed by atoms with Gasteiger partial charge < -0.3 is 4.98 Å². The molecule has 3 rings (SSSR count). The molecular weight excluding hydrogens is 362 g/mol. The van der Waals surface area contributed by atoms with Gasteiger partial charge in [-0.15, -0.1) is 0 Å². The van der Waals surface area contributed by atoms with Crippen LogP contribution in [0.1, 0.15) is 65.5 Å². The smallest absolute Gasteiger partial charge is 0.295 e. The molecule has 152 valence electrons. The molecule has 1 aliphatic rings. The van der Waals surface area contributed by atoms with Gasteiger partial charge in [-0.2, -0.15) is 0 Å². The summed E-state index contributed by atoms with van der Waals surface area (Å²) in [6.45, 7) is 16.2. The van der Waals surface area contributed by atoms with Crippen LogP contribution in [0.4, 0.5) is 0 Å². The number of aromatic nitrogens is 1. The summed E-state index contributed by atoms with van der Waals surface area (Å²) in [6.07, 6.45) is 0.931. The minimum absolute atomic E-state index is 0.106. The summed E-state index contributed by atoms with van der Waals surface area (Å²) in [5.41, 5.74) is 12.1. The molecular formula is C24H29N3O2. The van der Waals surface area contributed by atoms with Crippen molar-refractivity contribution in [3.8, 4) is 0 Å². The van der Waals surface area contributed by atoms with Crippen molar-refractivity contribution < 1.29 is 4.92 Å². The van der Waals surface area contributed by atoms with Crippen molar-refractivity contribution in [2.75, 3.05) is 0 Å². The number of nitrogens with zero attached hydrogens (tertiary/aromatic N) is 2. The number of aliphatic imine (C=N–C) groups is 1. The molecule has 1 aliphatic heterocycles. The Labute approximate surface area is 172 Å². The highest BCUT2D eigenvalue weighted by Gasteiger charge is 2.31. The fourth-order valence-electron chi connectivity index (χ4n) is 4.35. The lowest BCUT2D eigenvalue weighted by atomic mass is 9.90. The molecule has 0 saturated heterocycles. The summed E-state index contributed by atoms with van der Waals surface area (Å²) in [5.74, 6) is 0. The lowest BCUT2D eigenvalue weighted by Gasteiger charge is -2.15. The van der Waals surface area contributed by atoms with E-state index in [9.17, 15) is 10.1 Å². The van der Waals surface area contributed by atoms with Crippen molar-refractivity contribution in [3.05, 3.63) is 84.0 Å². The molecule has 0 radical (unpaired) electrons. The molecule has 5 nitrogen and oxygen atoms in total. The van der Waals surface area contributed by atoms with Crippen LogP contribution in [0.25, 0.3) is 5.57 Å². The van der Waals surface area contributed by atoms with Crippen LogP contribution in [0.5, 0.6) is 0 Å². The van der Waals surface area contributed by atoms with E-state index in [0.717, 1.165) is 28.9 Å². The van der Waals surface area contributed by atoms with Gasteiger partial charge in [0.1, 0.15) is 5.71 Å². The third-order valence-electron chi connectivity index (χ3n) is 6.16. The molecule has 2 heterocycles. The third kappa shape index (κ3) is 3.35. The van der Waals surface area contributed by atoms with E-state index in [1.54, 1.807) is 13.8 Å². The lowest BCUT2D eigenvalue weighted by Crippen LogP contribution is -2.06. The predicted molar refractivity (Wildman–Crippen MR) is 119 cm³/mol. The monoisotopic (exact) mass is 391 g/mol. The first-order valence-electron chi connectivity index (χ1n) is 10.0. The molecule has 1 aromatic carbocycles. The Morgan fingerprint density at radius 1 is 1.03 bits per heavy atom. The Kier molecular flexibility index (Phi) is 5.35. The van der Waals surface area contributed by atoms with Crippen LogP contribution in [0.2, 0.25) is 0 Å². The van der Waals surface area contributed by atoms with Gasteiger partial charge in [-0.3, -0.25) is 10.1 Å². The highest BCUT2D eigenvalue weighted by atomic mass is 16.6. The zero-order valence-electron chi connectivity index (χ0n) is 18.6. The maximum atomic E-state index is 11.6. The Balaban J connectivity index is 2.44. The van der Waals surface area contributed by atoms with Crippen LogP contribution >= 0.6 is 0 Å². The fraction of sp³-hybridized carbons (Fsp3) is 0.375. The van der Waals surface area contributed by atoms with Gasteiger partial charge >= 0.3 is 0 Å². The number of hydrogen-bond donors (Lipinski definition) is 1. The van der Waals surface area contributed by atoms with Crippen LogP contribution < -0.4 is 0 Å². The summed E-state index contributed by atoms with van der Waals surface area (Å²) in [7, 11) is 0. The molecule has 0 bridgehead atoms. The molecule has 1 N–H and O–H groups in total. The minimum atomic E-state index is -0.325. The summed E-state index contributed by atoms with van der Waals surface area (Å²) in [4.78, 5) is 19.5.